The number of hydrogen-bond donors (Lipinski definition) is 2. The normalized spacial score (nSPS) is 24.1. The maximum atomic E-state index is 9.96. The Labute approximate surface area is 116 Å². The van der Waals surface area contributed by atoms with Crippen LogP contribution in [0.3, 0.4) is 0 Å². The van der Waals surface area contributed by atoms with Crippen molar-refractivity contribution in [3.63, 3.8) is 0 Å². The number of aliphatic hydroxyl groups is 1. The van der Waals surface area contributed by atoms with E-state index in [1.54, 1.807) is 0 Å². The van der Waals surface area contributed by atoms with E-state index in [0.29, 0.717) is 6.04 Å². The molecule has 0 bridgehead atoms. The molecule has 3 nitrogen and oxygen atoms in total. The molecule has 0 amide bonds. The first kappa shape index (κ1) is 14.5. The SMILES string of the molecule is CNC(CO)(CN1CCCCC1C)c1ccccc1. The molecule has 1 aliphatic rings. The van der Waals surface area contributed by atoms with Gasteiger partial charge in [0, 0.05) is 12.6 Å². The summed E-state index contributed by atoms with van der Waals surface area (Å²) < 4.78 is 0. The monoisotopic (exact) mass is 262 g/mol. The van der Waals surface area contributed by atoms with Gasteiger partial charge in [0.05, 0.1) is 12.1 Å². The Balaban J connectivity index is 2.19. The van der Waals surface area contributed by atoms with Gasteiger partial charge in [0.2, 0.25) is 0 Å². The zero-order chi connectivity index (χ0) is 13.7. The first-order chi connectivity index (χ1) is 9.22. The number of benzene rings is 1. The van der Waals surface area contributed by atoms with Gasteiger partial charge in [0.15, 0.2) is 0 Å². The number of aliphatic hydroxyl groups excluding tert-OH is 1. The number of likely N-dealkylation sites (tertiary alicyclic amines) is 1. The summed E-state index contributed by atoms with van der Waals surface area (Å²) in [6, 6.07) is 10.9. The van der Waals surface area contributed by atoms with Crippen LogP contribution < -0.4 is 5.32 Å². The molecule has 1 saturated heterocycles. The molecule has 106 valence electrons. The van der Waals surface area contributed by atoms with Crippen molar-refractivity contribution < 1.29 is 5.11 Å². The molecule has 0 saturated carbocycles. The van der Waals surface area contributed by atoms with E-state index in [4.69, 9.17) is 0 Å². The summed E-state index contributed by atoms with van der Waals surface area (Å²) in [5.74, 6) is 0. The lowest BCUT2D eigenvalue weighted by Crippen LogP contribution is -2.55. The molecule has 2 rings (SSSR count). The minimum atomic E-state index is -0.354. The van der Waals surface area contributed by atoms with Crippen LogP contribution in [0, 0.1) is 0 Å². The lowest BCUT2D eigenvalue weighted by atomic mass is 9.88. The number of hydrogen-bond acceptors (Lipinski definition) is 3. The smallest absolute Gasteiger partial charge is 0.0795 e. The van der Waals surface area contributed by atoms with Crippen LogP contribution in [0.15, 0.2) is 30.3 Å². The molecule has 1 aliphatic heterocycles. The summed E-state index contributed by atoms with van der Waals surface area (Å²) in [5.41, 5.74) is 0.810. The third kappa shape index (κ3) is 3.16. The van der Waals surface area contributed by atoms with E-state index in [0.717, 1.165) is 18.7 Å². The number of nitrogens with one attached hydrogen (secondary N) is 1. The van der Waals surface area contributed by atoms with E-state index in [1.165, 1.54) is 19.3 Å². The third-order valence-corrected chi connectivity index (χ3v) is 4.49. The van der Waals surface area contributed by atoms with E-state index in [2.05, 4.69) is 29.3 Å². The Hall–Kier alpha value is -0.900. The highest BCUT2D eigenvalue weighted by Gasteiger charge is 2.34. The Kier molecular flexibility index (Phi) is 4.97. The van der Waals surface area contributed by atoms with Crippen molar-refractivity contribution >= 4 is 0 Å². The Morgan fingerprint density at radius 2 is 2.05 bits per heavy atom. The van der Waals surface area contributed by atoms with Gasteiger partial charge in [-0.05, 0) is 38.9 Å². The summed E-state index contributed by atoms with van der Waals surface area (Å²) in [7, 11) is 1.94. The fourth-order valence-electron chi connectivity index (χ4n) is 3.03. The maximum absolute atomic E-state index is 9.96. The molecular weight excluding hydrogens is 236 g/mol. The second-order valence-corrected chi connectivity index (χ2v) is 5.67. The number of nitrogens with zero attached hydrogens (tertiary/aromatic N) is 1. The molecule has 1 fully saturated rings. The molecule has 0 radical (unpaired) electrons. The van der Waals surface area contributed by atoms with Crippen molar-refractivity contribution in [2.75, 3.05) is 26.7 Å². The van der Waals surface area contributed by atoms with Crippen molar-refractivity contribution in [1.29, 1.82) is 0 Å². The van der Waals surface area contributed by atoms with Crippen molar-refractivity contribution in [1.82, 2.24) is 10.2 Å². The Bertz CT molecular complexity index is 376. The lowest BCUT2D eigenvalue weighted by molar-refractivity contribution is 0.0742. The molecule has 1 aromatic rings. The van der Waals surface area contributed by atoms with Crippen molar-refractivity contribution in [3.8, 4) is 0 Å². The zero-order valence-electron chi connectivity index (χ0n) is 12.1. The number of likely N-dealkylation sites (N-methyl/N-ethyl adjacent to an activating group) is 1. The van der Waals surface area contributed by atoms with Gasteiger partial charge in [-0.25, -0.2) is 0 Å². The standard InChI is InChI=1S/C16H26N2O/c1-14-8-6-7-11-18(14)12-16(13-19,17-2)15-9-4-3-5-10-15/h3-5,9-10,14,17,19H,6-8,11-13H2,1-2H3. The summed E-state index contributed by atoms with van der Waals surface area (Å²) in [6.45, 7) is 4.42. The average Bonchev–Trinajstić information content (AvgIpc) is 2.48. The lowest BCUT2D eigenvalue weighted by Gasteiger charge is -2.42. The van der Waals surface area contributed by atoms with Crippen molar-refractivity contribution in [2.24, 2.45) is 0 Å². The van der Waals surface area contributed by atoms with E-state index >= 15 is 0 Å². The predicted octanol–water partition coefficient (Wildman–Crippen LogP) is 1.97. The van der Waals surface area contributed by atoms with Gasteiger partial charge in [0.1, 0.15) is 0 Å². The average molecular weight is 262 g/mol. The van der Waals surface area contributed by atoms with E-state index in [1.807, 2.05) is 25.2 Å². The van der Waals surface area contributed by atoms with Crippen LogP contribution in [0.2, 0.25) is 0 Å². The van der Waals surface area contributed by atoms with Gasteiger partial charge in [0.25, 0.3) is 0 Å². The molecule has 2 unspecified atom stereocenters. The highest BCUT2D eigenvalue weighted by atomic mass is 16.3. The summed E-state index contributed by atoms with van der Waals surface area (Å²) in [6.07, 6.45) is 3.86. The third-order valence-electron chi connectivity index (χ3n) is 4.49. The van der Waals surface area contributed by atoms with Crippen LogP contribution in [0.1, 0.15) is 31.7 Å². The molecular formula is C16H26N2O. The molecule has 1 heterocycles. The van der Waals surface area contributed by atoms with Crippen LogP contribution in [0.5, 0.6) is 0 Å². The first-order valence-electron chi connectivity index (χ1n) is 7.31. The fraction of sp³-hybridized carbons (Fsp3) is 0.625. The Morgan fingerprint density at radius 1 is 1.32 bits per heavy atom. The molecule has 3 heteroatoms. The highest BCUT2D eigenvalue weighted by molar-refractivity contribution is 5.25. The fourth-order valence-corrected chi connectivity index (χ4v) is 3.03. The molecule has 0 aliphatic carbocycles. The first-order valence-corrected chi connectivity index (χ1v) is 7.31. The largest absolute Gasteiger partial charge is 0.394 e. The summed E-state index contributed by atoms with van der Waals surface area (Å²) in [5, 5.41) is 13.3. The Morgan fingerprint density at radius 3 is 2.63 bits per heavy atom. The van der Waals surface area contributed by atoms with Crippen LogP contribution in [0.25, 0.3) is 0 Å². The number of rotatable bonds is 5. The van der Waals surface area contributed by atoms with Crippen LogP contribution in [0.4, 0.5) is 0 Å². The predicted molar refractivity (Wildman–Crippen MR) is 79.2 cm³/mol. The van der Waals surface area contributed by atoms with Gasteiger partial charge in [-0.3, -0.25) is 4.90 Å². The second kappa shape index (κ2) is 6.51. The molecule has 2 atom stereocenters. The molecule has 19 heavy (non-hydrogen) atoms. The van der Waals surface area contributed by atoms with Gasteiger partial charge in [-0.2, -0.15) is 0 Å². The number of piperidine rings is 1. The molecule has 2 N–H and O–H groups in total. The molecule has 0 spiro atoms. The minimum Gasteiger partial charge on any atom is -0.394 e. The van der Waals surface area contributed by atoms with E-state index in [9.17, 15) is 5.11 Å². The van der Waals surface area contributed by atoms with Crippen LogP contribution >= 0.6 is 0 Å². The topological polar surface area (TPSA) is 35.5 Å². The second-order valence-electron chi connectivity index (χ2n) is 5.67. The maximum Gasteiger partial charge on any atom is 0.0795 e. The summed E-state index contributed by atoms with van der Waals surface area (Å²) >= 11 is 0. The highest BCUT2D eigenvalue weighted by Crippen LogP contribution is 2.25. The van der Waals surface area contributed by atoms with Gasteiger partial charge < -0.3 is 10.4 Å². The van der Waals surface area contributed by atoms with Gasteiger partial charge >= 0.3 is 0 Å². The molecule has 1 aromatic carbocycles. The quantitative estimate of drug-likeness (QED) is 0.851. The minimum absolute atomic E-state index is 0.122. The van der Waals surface area contributed by atoms with Crippen LogP contribution in [-0.4, -0.2) is 42.8 Å². The van der Waals surface area contributed by atoms with Crippen LogP contribution in [-0.2, 0) is 5.54 Å². The van der Waals surface area contributed by atoms with Gasteiger partial charge in [-0.15, -0.1) is 0 Å². The van der Waals surface area contributed by atoms with Gasteiger partial charge in [-0.1, -0.05) is 36.8 Å². The van der Waals surface area contributed by atoms with Crippen molar-refractivity contribution in [2.45, 2.75) is 37.8 Å². The summed E-state index contributed by atoms with van der Waals surface area (Å²) in [4.78, 5) is 2.50. The van der Waals surface area contributed by atoms with Crippen molar-refractivity contribution in [3.05, 3.63) is 35.9 Å². The zero-order valence-corrected chi connectivity index (χ0v) is 12.1. The van der Waals surface area contributed by atoms with E-state index in [-0.39, 0.29) is 12.1 Å². The molecule has 0 aromatic heterocycles. The van der Waals surface area contributed by atoms with E-state index < -0.39 is 0 Å².